The number of rotatable bonds is 3. The normalized spacial score (nSPS) is 17.1. The number of ketones is 1. The van der Waals surface area contributed by atoms with Gasteiger partial charge in [0.2, 0.25) is 0 Å². The standard InChI is InChI=1S/C21H22N2O.C6H14.2C3H8/c1-14-10-17(12-15-2-6-19(22)7-3-15)21(24)18(11-14)13-16-4-8-20(23)9-5-16;1-5(2)6(3)4;2*1-3-2/h2-9,12-14H,10-11,22-23H2,1H3;5-6H,1-4H3;2*3H2,1-2H3/b17-12+,18-13+;;;. The summed E-state index contributed by atoms with van der Waals surface area (Å²) >= 11 is 0. The maximum atomic E-state index is 12.8. The molecular weight excluding hydrogens is 440 g/mol. The molecule has 200 valence electrons. The molecule has 3 rings (SSSR count). The number of nitrogen functional groups attached to an aromatic ring is 2. The van der Waals surface area contributed by atoms with E-state index in [1.807, 2.05) is 60.7 Å². The van der Waals surface area contributed by atoms with Crippen molar-refractivity contribution in [2.45, 2.75) is 88.0 Å². The topological polar surface area (TPSA) is 69.1 Å². The fourth-order valence-electron chi connectivity index (χ4n) is 3.05. The smallest absolute Gasteiger partial charge is 0.185 e. The molecule has 0 spiro atoms. The molecule has 0 atom stereocenters. The summed E-state index contributed by atoms with van der Waals surface area (Å²) in [6.45, 7) is 19.6. The molecule has 4 N–H and O–H groups in total. The van der Waals surface area contributed by atoms with E-state index in [1.54, 1.807) is 0 Å². The summed E-state index contributed by atoms with van der Waals surface area (Å²) in [7, 11) is 0. The van der Waals surface area contributed by atoms with E-state index < -0.39 is 0 Å². The van der Waals surface area contributed by atoms with Gasteiger partial charge in [0.15, 0.2) is 5.78 Å². The number of hydrogen-bond donors (Lipinski definition) is 2. The first kappa shape index (κ1) is 33.2. The lowest BCUT2D eigenvalue weighted by Gasteiger charge is -2.22. The number of hydrogen-bond acceptors (Lipinski definition) is 3. The van der Waals surface area contributed by atoms with Crippen molar-refractivity contribution >= 4 is 29.3 Å². The Morgan fingerprint density at radius 3 is 1.22 bits per heavy atom. The predicted octanol–water partition coefficient (Wildman–Crippen LogP) is 9.45. The highest BCUT2D eigenvalue weighted by molar-refractivity contribution is 6.14. The van der Waals surface area contributed by atoms with E-state index in [1.165, 1.54) is 12.8 Å². The third-order valence-electron chi connectivity index (χ3n) is 5.61. The van der Waals surface area contributed by atoms with Gasteiger partial charge in [-0.1, -0.05) is 99.4 Å². The molecule has 1 fully saturated rings. The highest BCUT2D eigenvalue weighted by Crippen LogP contribution is 2.32. The molecule has 0 saturated heterocycles. The lowest BCUT2D eigenvalue weighted by atomic mass is 9.81. The Kier molecular flexibility index (Phi) is 17.0. The zero-order valence-electron chi connectivity index (χ0n) is 24.4. The first-order valence-corrected chi connectivity index (χ1v) is 13.7. The number of allylic oxidation sites excluding steroid dienone is 2. The van der Waals surface area contributed by atoms with Crippen molar-refractivity contribution in [3.8, 4) is 0 Å². The summed E-state index contributed by atoms with van der Waals surface area (Å²) in [5.41, 5.74) is 16.6. The minimum absolute atomic E-state index is 0.141. The van der Waals surface area contributed by atoms with Crippen molar-refractivity contribution in [3.05, 3.63) is 70.8 Å². The molecule has 0 aromatic heterocycles. The molecular formula is C33H52N2O. The molecule has 3 nitrogen and oxygen atoms in total. The number of Topliss-reactive ketones (excluding diaryl/α,β-unsaturated/α-hetero) is 1. The van der Waals surface area contributed by atoms with Gasteiger partial charge in [0.25, 0.3) is 0 Å². The number of nitrogens with two attached hydrogens (primary N) is 2. The maximum absolute atomic E-state index is 12.8. The molecule has 0 aliphatic heterocycles. The lowest BCUT2D eigenvalue weighted by Crippen LogP contribution is -2.18. The molecule has 36 heavy (non-hydrogen) atoms. The summed E-state index contributed by atoms with van der Waals surface area (Å²) in [5.74, 6) is 2.29. The molecule has 2 aromatic rings. The summed E-state index contributed by atoms with van der Waals surface area (Å²) in [4.78, 5) is 12.8. The van der Waals surface area contributed by atoms with Crippen molar-refractivity contribution in [2.75, 3.05) is 11.5 Å². The monoisotopic (exact) mass is 492 g/mol. The predicted molar refractivity (Wildman–Crippen MR) is 163 cm³/mol. The molecule has 0 unspecified atom stereocenters. The zero-order valence-corrected chi connectivity index (χ0v) is 24.4. The number of carbonyl (C=O) groups is 1. The third-order valence-corrected chi connectivity index (χ3v) is 5.61. The number of anilines is 2. The van der Waals surface area contributed by atoms with Gasteiger partial charge in [0, 0.05) is 22.5 Å². The summed E-state index contributed by atoms with van der Waals surface area (Å²) < 4.78 is 0. The van der Waals surface area contributed by atoms with Crippen LogP contribution < -0.4 is 11.5 Å². The third kappa shape index (κ3) is 13.9. The van der Waals surface area contributed by atoms with Crippen LogP contribution in [0.2, 0.25) is 0 Å². The second-order valence-electron chi connectivity index (χ2n) is 10.4. The van der Waals surface area contributed by atoms with E-state index >= 15 is 0 Å². The Hall–Kier alpha value is -2.81. The van der Waals surface area contributed by atoms with Crippen molar-refractivity contribution < 1.29 is 4.79 Å². The average molecular weight is 493 g/mol. The molecule has 0 amide bonds. The Balaban J connectivity index is 0.000000859. The van der Waals surface area contributed by atoms with Gasteiger partial charge in [0.1, 0.15) is 0 Å². The van der Waals surface area contributed by atoms with Crippen LogP contribution in [0.1, 0.15) is 99.1 Å². The molecule has 1 aliphatic rings. The molecule has 1 aliphatic carbocycles. The van der Waals surface area contributed by atoms with Gasteiger partial charge in [-0.05, 0) is 78.1 Å². The van der Waals surface area contributed by atoms with Crippen LogP contribution in [0.25, 0.3) is 12.2 Å². The van der Waals surface area contributed by atoms with Gasteiger partial charge in [-0.15, -0.1) is 0 Å². The van der Waals surface area contributed by atoms with E-state index in [9.17, 15) is 4.79 Å². The van der Waals surface area contributed by atoms with Crippen LogP contribution in [0.4, 0.5) is 11.4 Å². The largest absolute Gasteiger partial charge is 0.399 e. The van der Waals surface area contributed by atoms with E-state index in [0.717, 1.165) is 58.3 Å². The van der Waals surface area contributed by atoms with E-state index in [0.29, 0.717) is 5.92 Å². The van der Waals surface area contributed by atoms with Crippen LogP contribution >= 0.6 is 0 Å². The Bertz CT molecular complexity index is 844. The first-order valence-electron chi connectivity index (χ1n) is 13.7. The molecule has 0 bridgehead atoms. The summed E-state index contributed by atoms with van der Waals surface area (Å²) in [6.07, 6.45) is 8.08. The lowest BCUT2D eigenvalue weighted by molar-refractivity contribution is -0.113. The summed E-state index contributed by atoms with van der Waals surface area (Å²) in [6, 6.07) is 15.2. The van der Waals surface area contributed by atoms with Gasteiger partial charge >= 0.3 is 0 Å². The number of benzene rings is 2. The van der Waals surface area contributed by atoms with Crippen molar-refractivity contribution in [2.24, 2.45) is 17.8 Å². The van der Waals surface area contributed by atoms with Crippen LogP contribution in [0, 0.1) is 17.8 Å². The Morgan fingerprint density at radius 1 is 0.694 bits per heavy atom. The van der Waals surface area contributed by atoms with Crippen LogP contribution in [0.5, 0.6) is 0 Å². The van der Waals surface area contributed by atoms with Gasteiger partial charge in [0.05, 0.1) is 0 Å². The minimum atomic E-state index is 0.141. The van der Waals surface area contributed by atoms with Gasteiger partial charge in [-0.3, -0.25) is 4.79 Å². The van der Waals surface area contributed by atoms with Crippen LogP contribution in [0.15, 0.2) is 59.7 Å². The average Bonchev–Trinajstić information content (AvgIpc) is 2.81. The van der Waals surface area contributed by atoms with Crippen molar-refractivity contribution in [3.63, 3.8) is 0 Å². The van der Waals surface area contributed by atoms with Crippen molar-refractivity contribution in [1.29, 1.82) is 0 Å². The van der Waals surface area contributed by atoms with E-state index in [-0.39, 0.29) is 5.78 Å². The fourth-order valence-corrected chi connectivity index (χ4v) is 3.05. The highest BCUT2D eigenvalue weighted by Gasteiger charge is 2.25. The zero-order chi connectivity index (χ0) is 27.7. The molecule has 3 heteroatoms. The van der Waals surface area contributed by atoms with Gasteiger partial charge in [-0.25, -0.2) is 0 Å². The Morgan fingerprint density at radius 2 is 0.972 bits per heavy atom. The van der Waals surface area contributed by atoms with E-state index in [4.69, 9.17) is 11.5 Å². The maximum Gasteiger partial charge on any atom is 0.185 e. The highest BCUT2D eigenvalue weighted by atomic mass is 16.1. The summed E-state index contributed by atoms with van der Waals surface area (Å²) in [5, 5.41) is 0. The molecule has 0 heterocycles. The SMILES string of the molecule is CC(C)C(C)C.CC1C/C(=C\c2ccc(N)cc2)C(=O)/C(=C/c2ccc(N)cc2)C1.CCC.CCC. The number of carbonyl (C=O) groups excluding carboxylic acids is 1. The van der Waals surface area contributed by atoms with Crippen LogP contribution in [-0.4, -0.2) is 5.78 Å². The molecule has 0 radical (unpaired) electrons. The Labute approximate surface area is 222 Å². The van der Waals surface area contributed by atoms with Crippen LogP contribution in [-0.2, 0) is 4.79 Å². The second-order valence-corrected chi connectivity index (χ2v) is 10.4. The van der Waals surface area contributed by atoms with Crippen molar-refractivity contribution in [1.82, 2.24) is 0 Å². The first-order chi connectivity index (χ1) is 17.0. The molecule has 1 saturated carbocycles. The van der Waals surface area contributed by atoms with E-state index in [2.05, 4.69) is 62.3 Å². The van der Waals surface area contributed by atoms with Gasteiger partial charge < -0.3 is 11.5 Å². The quantitative estimate of drug-likeness (QED) is 0.331. The minimum Gasteiger partial charge on any atom is -0.399 e. The second kappa shape index (κ2) is 18.5. The van der Waals surface area contributed by atoms with Gasteiger partial charge in [-0.2, -0.15) is 0 Å². The molecule has 2 aromatic carbocycles. The van der Waals surface area contributed by atoms with Crippen LogP contribution in [0.3, 0.4) is 0 Å². The fraction of sp³-hybridized carbons (Fsp3) is 0.485.